The SMILES string of the molecule is CCc1ccc([C@H]2C(C#N)=C(N)N(C)C3=C2C(=O)CCC3)cc1. The van der Waals surface area contributed by atoms with Crippen LogP contribution < -0.4 is 5.73 Å². The van der Waals surface area contributed by atoms with Gasteiger partial charge in [-0.3, -0.25) is 4.79 Å². The third kappa shape index (κ3) is 2.43. The van der Waals surface area contributed by atoms with Gasteiger partial charge in [0.05, 0.1) is 17.6 Å². The van der Waals surface area contributed by atoms with Gasteiger partial charge in [0.25, 0.3) is 0 Å². The van der Waals surface area contributed by atoms with E-state index in [9.17, 15) is 10.1 Å². The summed E-state index contributed by atoms with van der Waals surface area (Å²) in [5.41, 5.74) is 10.6. The van der Waals surface area contributed by atoms with Crippen LogP contribution in [0.4, 0.5) is 0 Å². The van der Waals surface area contributed by atoms with Gasteiger partial charge in [-0.2, -0.15) is 5.26 Å². The molecule has 23 heavy (non-hydrogen) atoms. The van der Waals surface area contributed by atoms with Crippen molar-refractivity contribution in [1.29, 1.82) is 5.26 Å². The van der Waals surface area contributed by atoms with Crippen molar-refractivity contribution >= 4 is 5.78 Å². The molecule has 1 aromatic rings. The maximum Gasteiger partial charge on any atom is 0.161 e. The lowest BCUT2D eigenvalue weighted by atomic mass is 9.75. The molecule has 1 aromatic carbocycles. The lowest BCUT2D eigenvalue weighted by molar-refractivity contribution is -0.116. The predicted octanol–water partition coefficient (Wildman–Crippen LogP) is 2.98. The molecule has 0 bridgehead atoms. The van der Waals surface area contributed by atoms with Crippen molar-refractivity contribution in [3.8, 4) is 6.07 Å². The first-order valence-electron chi connectivity index (χ1n) is 8.07. The Labute approximate surface area is 136 Å². The van der Waals surface area contributed by atoms with Crippen molar-refractivity contribution < 1.29 is 4.79 Å². The van der Waals surface area contributed by atoms with Crippen molar-refractivity contribution in [3.63, 3.8) is 0 Å². The number of benzene rings is 1. The Morgan fingerprint density at radius 1 is 1.30 bits per heavy atom. The topological polar surface area (TPSA) is 70.1 Å². The van der Waals surface area contributed by atoms with E-state index in [0.29, 0.717) is 17.8 Å². The number of nitrogens with two attached hydrogens (primary N) is 1. The van der Waals surface area contributed by atoms with Gasteiger partial charge in [0.2, 0.25) is 0 Å². The Morgan fingerprint density at radius 3 is 2.61 bits per heavy atom. The number of rotatable bonds is 2. The highest BCUT2D eigenvalue weighted by Gasteiger charge is 2.38. The molecule has 2 aliphatic rings. The number of hydrogen-bond donors (Lipinski definition) is 1. The van der Waals surface area contributed by atoms with Crippen LogP contribution in [0, 0.1) is 11.3 Å². The summed E-state index contributed by atoms with van der Waals surface area (Å²) in [6, 6.07) is 10.4. The molecule has 1 heterocycles. The maximum atomic E-state index is 12.6. The monoisotopic (exact) mass is 307 g/mol. The molecule has 0 unspecified atom stereocenters. The van der Waals surface area contributed by atoms with E-state index in [2.05, 4.69) is 25.1 Å². The predicted molar refractivity (Wildman–Crippen MR) is 89.0 cm³/mol. The molecule has 0 saturated heterocycles. The van der Waals surface area contributed by atoms with Crippen LogP contribution in [0.25, 0.3) is 0 Å². The summed E-state index contributed by atoms with van der Waals surface area (Å²) in [6.07, 6.45) is 3.19. The smallest absolute Gasteiger partial charge is 0.161 e. The van der Waals surface area contributed by atoms with Gasteiger partial charge in [0, 0.05) is 24.7 Å². The first-order chi connectivity index (χ1) is 11.1. The summed E-state index contributed by atoms with van der Waals surface area (Å²) in [4.78, 5) is 14.4. The van der Waals surface area contributed by atoms with Gasteiger partial charge in [-0.1, -0.05) is 31.2 Å². The standard InChI is InChI=1S/C19H21N3O/c1-3-12-7-9-13(10-8-12)17-14(11-20)19(21)22(2)15-5-4-6-16(23)18(15)17/h7-10,17H,3-6,21H2,1-2H3/t17-/m0/s1. The van der Waals surface area contributed by atoms with Gasteiger partial charge in [0.1, 0.15) is 5.82 Å². The number of ketones is 1. The highest BCUT2D eigenvalue weighted by Crippen LogP contribution is 2.43. The Hall–Kier alpha value is -2.54. The Kier molecular flexibility index (Phi) is 3.96. The molecule has 1 atom stereocenters. The van der Waals surface area contributed by atoms with Crippen molar-refractivity contribution in [2.75, 3.05) is 7.05 Å². The molecule has 2 N–H and O–H groups in total. The number of Topliss-reactive ketones (excluding diaryl/α,β-unsaturated/α-hetero) is 1. The molecule has 0 saturated carbocycles. The molecule has 1 aliphatic heterocycles. The van der Waals surface area contributed by atoms with Crippen LogP contribution in [0.5, 0.6) is 0 Å². The molecular formula is C19H21N3O. The summed E-state index contributed by atoms with van der Waals surface area (Å²) in [6.45, 7) is 2.11. The summed E-state index contributed by atoms with van der Waals surface area (Å²) in [5.74, 6) is 0.276. The van der Waals surface area contributed by atoms with Crippen LogP contribution in [-0.2, 0) is 11.2 Å². The van der Waals surface area contributed by atoms with E-state index in [-0.39, 0.29) is 11.7 Å². The van der Waals surface area contributed by atoms with E-state index in [0.717, 1.165) is 36.1 Å². The average molecular weight is 307 g/mol. The van der Waals surface area contributed by atoms with Crippen molar-refractivity contribution in [1.82, 2.24) is 4.90 Å². The first-order valence-corrected chi connectivity index (χ1v) is 8.07. The Bertz CT molecular complexity index is 750. The number of carbonyl (C=O) groups excluding carboxylic acids is 1. The number of allylic oxidation sites excluding steroid dienone is 3. The molecule has 3 rings (SSSR count). The maximum absolute atomic E-state index is 12.6. The normalized spacial score (nSPS) is 21.3. The van der Waals surface area contributed by atoms with Gasteiger partial charge in [-0.25, -0.2) is 0 Å². The summed E-state index contributed by atoms with van der Waals surface area (Å²) >= 11 is 0. The number of hydrogen-bond acceptors (Lipinski definition) is 4. The van der Waals surface area contributed by atoms with Crippen molar-refractivity contribution in [2.45, 2.75) is 38.5 Å². The van der Waals surface area contributed by atoms with Crippen LogP contribution in [0.2, 0.25) is 0 Å². The summed E-state index contributed by atoms with van der Waals surface area (Å²) < 4.78 is 0. The minimum absolute atomic E-state index is 0.142. The number of nitriles is 1. The van der Waals surface area contributed by atoms with Crippen LogP contribution in [0.15, 0.2) is 46.9 Å². The van der Waals surface area contributed by atoms with E-state index >= 15 is 0 Å². The van der Waals surface area contributed by atoms with Crippen molar-refractivity contribution in [2.24, 2.45) is 5.73 Å². The fraction of sp³-hybridized carbons (Fsp3) is 0.368. The van der Waals surface area contributed by atoms with Gasteiger partial charge in [-0.05, 0) is 30.4 Å². The zero-order valence-electron chi connectivity index (χ0n) is 13.6. The number of aryl methyl sites for hydroxylation is 1. The molecule has 118 valence electrons. The zero-order valence-corrected chi connectivity index (χ0v) is 13.6. The van der Waals surface area contributed by atoms with Crippen LogP contribution in [0.3, 0.4) is 0 Å². The quantitative estimate of drug-likeness (QED) is 0.912. The Morgan fingerprint density at radius 2 is 2.00 bits per heavy atom. The second-order valence-electron chi connectivity index (χ2n) is 6.13. The zero-order chi connectivity index (χ0) is 16.6. The second kappa shape index (κ2) is 5.92. The fourth-order valence-corrected chi connectivity index (χ4v) is 3.54. The molecule has 0 amide bonds. The lowest BCUT2D eigenvalue weighted by Crippen LogP contribution is -2.36. The van der Waals surface area contributed by atoms with Crippen molar-refractivity contribution in [3.05, 3.63) is 58.1 Å². The highest BCUT2D eigenvalue weighted by atomic mass is 16.1. The number of carbonyl (C=O) groups is 1. The minimum Gasteiger partial charge on any atom is -0.384 e. The van der Waals surface area contributed by atoms with E-state index in [4.69, 9.17) is 5.73 Å². The first kappa shape index (κ1) is 15.4. The van der Waals surface area contributed by atoms with Gasteiger partial charge < -0.3 is 10.6 Å². The summed E-state index contributed by atoms with van der Waals surface area (Å²) in [7, 11) is 1.84. The molecule has 1 aliphatic carbocycles. The third-order valence-electron chi connectivity index (χ3n) is 4.89. The van der Waals surface area contributed by atoms with E-state index in [1.807, 2.05) is 24.1 Å². The van der Waals surface area contributed by atoms with Gasteiger partial charge >= 0.3 is 0 Å². The summed E-state index contributed by atoms with van der Waals surface area (Å²) in [5, 5.41) is 9.64. The van der Waals surface area contributed by atoms with Crippen LogP contribution >= 0.6 is 0 Å². The Balaban J connectivity index is 2.18. The largest absolute Gasteiger partial charge is 0.384 e. The lowest BCUT2D eigenvalue weighted by Gasteiger charge is -2.37. The van der Waals surface area contributed by atoms with Gasteiger partial charge in [-0.15, -0.1) is 0 Å². The minimum atomic E-state index is -0.329. The fourth-order valence-electron chi connectivity index (χ4n) is 3.54. The number of nitrogens with zero attached hydrogens (tertiary/aromatic N) is 2. The van der Waals surface area contributed by atoms with E-state index in [1.165, 1.54) is 5.56 Å². The second-order valence-corrected chi connectivity index (χ2v) is 6.13. The average Bonchev–Trinajstić information content (AvgIpc) is 2.58. The van der Waals surface area contributed by atoms with E-state index in [1.54, 1.807) is 0 Å². The molecule has 0 spiro atoms. The van der Waals surface area contributed by atoms with Gasteiger partial charge in [0.15, 0.2) is 5.78 Å². The molecule has 4 heteroatoms. The highest BCUT2D eigenvalue weighted by molar-refractivity contribution is 5.99. The molecule has 0 radical (unpaired) electrons. The molecule has 0 aromatic heterocycles. The van der Waals surface area contributed by atoms with E-state index < -0.39 is 0 Å². The molecule has 0 fully saturated rings. The molecule has 4 nitrogen and oxygen atoms in total. The van der Waals surface area contributed by atoms with Crippen LogP contribution in [-0.4, -0.2) is 17.7 Å². The third-order valence-corrected chi connectivity index (χ3v) is 4.89. The van der Waals surface area contributed by atoms with Crippen LogP contribution in [0.1, 0.15) is 43.2 Å². The molecular weight excluding hydrogens is 286 g/mol.